The van der Waals surface area contributed by atoms with Crippen molar-refractivity contribution in [3.63, 3.8) is 0 Å². The lowest BCUT2D eigenvalue weighted by Crippen LogP contribution is -2.44. The van der Waals surface area contributed by atoms with Gasteiger partial charge in [0, 0.05) is 12.8 Å². The van der Waals surface area contributed by atoms with Crippen molar-refractivity contribution in [2.24, 2.45) is 0 Å². The number of quaternary nitrogens is 1. The summed E-state index contributed by atoms with van der Waals surface area (Å²) in [6.45, 7) is 4.56. The van der Waals surface area contributed by atoms with Gasteiger partial charge in [0.2, 0.25) is 0 Å². The summed E-state index contributed by atoms with van der Waals surface area (Å²) in [5.74, 6) is -2.32. The van der Waals surface area contributed by atoms with Crippen molar-refractivity contribution in [2.75, 3.05) is 47.5 Å². The summed E-state index contributed by atoms with van der Waals surface area (Å²) in [6, 6.07) is 0. The Morgan fingerprint density at radius 1 is 0.508 bits per heavy atom. The smallest absolute Gasteiger partial charge is 0.306 e. The van der Waals surface area contributed by atoms with Crippen molar-refractivity contribution in [1.29, 1.82) is 0 Å². The molecule has 9 nitrogen and oxygen atoms in total. The number of ether oxygens (including phenoxy) is 4. The van der Waals surface area contributed by atoms with E-state index in [1.165, 1.54) is 44.9 Å². The average Bonchev–Trinajstić information content (AvgIpc) is 3.22. The van der Waals surface area contributed by atoms with Crippen LogP contribution in [0.15, 0.2) is 72.9 Å². The monoisotopic (exact) mass is 856 g/mol. The number of hydrogen-bond donors (Lipinski definition) is 0. The van der Waals surface area contributed by atoms with E-state index in [4.69, 9.17) is 18.9 Å². The van der Waals surface area contributed by atoms with Crippen LogP contribution in [0.4, 0.5) is 0 Å². The molecule has 0 amide bonds. The Kier molecular flexibility index (Phi) is 41.1. The molecule has 2 unspecified atom stereocenters. The summed E-state index contributed by atoms with van der Waals surface area (Å²) in [5, 5.41) is 11.7. The van der Waals surface area contributed by atoms with Gasteiger partial charge in [-0.1, -0.05) is 157 Å². The van der Waals surface area contributed by atoms with E-state index in [2.05, 4.69) is 86.8 Å². The van der Waals surface area contributed by atoms with Crippen molar-refractivity contribution >= 4 is 17.9 Å². The third-order valence-corrected chi connectivity index (χ3v) is 9.94. The summed E-state index contributed by atoms with van der Waals surface area (Å²) in [5.41, 5.74) is 0. The van der Waals surface area contributed by atoms with Gasteiger partial charge in [-0.15, -0.1) is 0 Å². The van der Waals surface area contributed by atoms with E-state index in [1.807, 2.05) is 21.1 Å². The average molecular weight is 856 g/mol. The Morgan fingerprint density at radius 2 is 0.934 bits per heavy atom. The molecule has 0 saturated carbocycles. The van der Waals surface area contributed by atoms with Crippen molar-refractivity contribution < 1.29 is 42.9 Å². The second-order valence-electron chi connectivity index (χ2n) is 17.0. The van der Waals surface area contributed by atoms with E-state index < -0.39 is 24.3 Å². The maximum absolute atomic E-state index is 12.8. The molecule has 0 heterocycles. The van der Waals surface area contributed by atoms with Crippen molar-refractivity contribution in [3.05, 3.63) is 72.9 Å². The van der Waals surface area contributed by atoms with Gasteiger partial charge in [-0.05, 0) is 83.5 Å². The Bertz CT molecular complexity index is 1230. The van der Waals surface area contributed by atoms with E-state index in [0.717, 1.165) is 103 Å². The number of carbonyl (C=O) groups excluding carboxylic acids is 3. The molecule has 0 aliphatic rings. The van der Waals surface area contributed by atoms with E-state index in [1.54, 1.807) is 0 Å². The minimum Gasteiger partial charge on any atom is -0.545 e. The molecule has 0 aromatic heterocycles. The molecule has 0 radical (unpaired) electrons. The summed E-state index contributed by atoms with van der Waals surface area (Å²) in [7, 11) is 5.90. The topological polar surface area (TPSA) is 111 Å². The van der Waals surface area contributed by atoms with E-state index in [9.17, 15) is 19.5 Å². The minimum atomic E-state index is -1.63. The Hall–Kier alpha value is -3.27. The number of rotatable bonds is 43. The zero-order valence-electron chi connectivity index (χ0n) is 39.5. The molecule has 0 saturated heterocycles. The van der Waals surface area contributed by atoms with Crippen LogP contribution < -0.4 is 5.11 Å². The highest BCUT2D eigenvalue weighted by Crippen LogP contribution is 2.13. The van der Waals surface area contributed by atoms with Gasteiger partial charge in [0.1, 0.15) is 13.2 Å². The third kappa shape index (κ3) is 44.6. The molecule has 0 bridgehead atoms. The molecule has 350 valence electrons. The number of nitrogens with zero attached hydrogens (tertiary/aromatic N) is 1. The largest absolute Gasteiger partial charge is 0.545 e. The van der Waals surface area contributed by atoms with Gasteiger partial charge in [0.15, 0.2) is 12.4 Å². The predicted octanol–water partition coefficient (Wildman–Crippen LogP) is 11.8. The van der Waals surface area contributed by atoms with E-state index >= 15 is 0 Å². The molecule has 0 aromatic rings. The van der Waals surface area contributed by atoms with Gasteiger partial charge in [0.05, 0.1) is 40.3 Å². The quantitative estimate of drug-likeness (QED) is 0.0196. The SMILES string of the molecule is CC/C=C\C/C=C\C/C=C\C/C=C\CCCCCCCCC(=O)OC(COC(=O)CCCCCCCCC/C=C\C/C=C\CCCCC)COC(OCC[N+](C)(C)C)C(=O)[O-]. The van der Waals surface area contributed by atoms with Crippen molar-refractivity contribution in [1.82, 2.24) is 0 Å². The van der Waals surface area contributed by atoms with Crippen LogP contribution >= 0.6 is 0 Å². The number of allylic oxidation sites excluding steroid dienone is 12. The van der Waals surface area contributed by atoms with Crippen LogP contribution in [0.5, 0.6) is 0 Å². The molecule has 2 atom stereocenters. The summed E-state index contributed by atoms with van der Waals surface area (Å²) in [6.07, 6.45) is 50.7. The lowest BCUT2D eigenvalue weighted by Gasteiger charge is -2.26. The van der Waals surface area contributed by atoms with Crippen LogP contribution in [0.1, 0.15) is 181 Å². The molecule has 0 aliphatic carbocycles. The number of likely N-dealkylation sites (N-methyl/N-ethyl adjacent to an activating group) is 1. The van der Waals surface area contributed by atoms with Gasteiger partial charge < -0.3 is 33.3 Å². The molecule has 0 rings (SSSR count). The van der Waals surface area contributed by atoms with Crippen LogP contribution in [0, 0.1) is 0 Å². The molecule has 0 aliphatic heterocycles. The number of hydrogen-bond acceptors (Lipinski definition) is 8. The zero-order valence-corrected chi connectivity index (χ0v) is 39.5. The number of carboxylic acid groups (broad SMARTS) is 1. The number of carboxylic acids is 1. The fraction of sp³-hybridized carbons (Fsp3) is 0.712. The number of esters is 2. The predicted molar refractivity (Wildman–Crippen MR) is 251 cm³/mol. The molecule has 61 heavy (non-hydrogen) atoms. The third-order valence-electron chi connectivity index (χ3n) is 9.94. The number of carbonyl (C=O) groups is 3. The van der Waals surface area contributed by atoms with Gasteiger partial charge >= 0.3 is 11.9 Å². The summed E-state index contributed by atoms with van der Waals surface area (Å²) < 4.78 is 22.6. The molecule has 9 heteroatoms. The highest BCUT2D eigenvalue weighted by atomic mass is 16.7. The molecule has 0 aromatic carbocycles. The lowest BCUT2D eigenvalue weighted by molar-refractivity contribution is -0.870. The first-order valence-electron chi connectivity index (χ1n) is 24.1. The molecular weight excluding hydrogens is 767 g/mol. The first kappa shape index (κ1) is 57.7. The Labute approximate surface area is 373 Å². The Morgan fingerprint density at radius 3 is 1.39 bits per heavy atom. The van der Waals surface area contributed by atoms with Crippen LogP contribution in [0.2, 0.25) is 0 Å². The first-order valence-corrected chi connectivity index (χ1v) is 24.1. The number of aliphatic carboxylic acids is 1. The second-order valence-corrected chi connectivity index (χ2v) is 17.0. The number of unbranched alkanes of at least 4 members (excludes halogenated alkanes) is 16. The maximum Gasteiger partial charge on any atom is 0.306 e. The molecule has 0 N–H and O–H groups in total. The molecule has 0 fully saturated rings. The van der Waals surface area contributed by atoms with Crippen LogP contribution in [0.25, 0.3) is 0 Å². The van der Waals surface area contributed by atoms with Crippen LogP contribution in [-0.4, -0.2) is 82.3 Å². The highest BCUT2D eigenvalue weighted by Gasteiger charge is 2.21. The Balaban J connectivity index is 4.44. The minimum absolute atomic E-state index is 0.140. The van der Waals surface area contributed by atoms with E-state index in [-0.39, 0.29) is 38.6 Å². The maximum atomic E-state index is 12.8. The summed E-state index contributed by atoms with van der Waals surface area (Å²) in [4.78, 5) is 37.1. The summed E-state index contributed by atoms with van der Waals surface area (Å²) >= 11 is 0. The van der Waals surface area contributed by atoms with Gasteiger partial charge in [-0.2, -0.15) is 0 Å². The molecule has 0 spiro atoms. The first-order chi connectivity index (χ1) is 29.6. The fourth-order valence-corrected chi connectivity index (χ4v) is 6.20. The zero-order chi connectivity index (χ0) is 44.9. The molecular formula is C52H89NO8. The standard InChI is InChI=1S/C52H89NO8/c1-6-8-10-12-14-16-18-20-22-24-25-27-29-31-33-35-37-39-41-43-50(55)61-48(47-60-52(51(56)57)58-45-44-53(3,4)5)46-59-49(54)42-40-38-36-34-32-30-28-26-23-21-19-17-15-13-11-9-7-2/h8,10,14-17,20-23,25,27,48,52H,6-7,9,11-13,18-19,24,26,28-47H2,1-5H3/b10-8-,16-14-,17-15-,22-20-,23-21-,27-25-. The highest BCUT2D eigenvalue weighted by molar-refractivity contribution is 5.70. The normalized spacial score (nSPS) is 13.5. The fourth-order valence-electron chi connectivity index (χ4n) is 6.20. The van der Waals surface area contributed by atoms with Gasteiger partial charge in [-0.25, -0.2) is 0 Å². The van der Waals surface area contributed by atoms with Gasteiger partial charge in [-0.3, -0.25) is 9.59 Å². The van der Waals surface area contributed by atoms with Crippen LogP contribution in [-0.2, 0) is 33.3 Å². The van der Waals surface area contributed by atoms with Crippen molar-refractivity contribution in [2.45, 2.75) is 193 Å². The van der Waals surface area contributed by atoms with E-state index in [0.29, 0.717) is 17.4 Å². The van der Waals surface area contributed by atoms with Crippen molar-refractivity contribution in [3.8, 4) is 0 Å². The van der Waals surface area contributed by atoms with Gasteiger partial charge in [0.25, 0.3) is 0 Å². The second kappa shape index (κ2) is 43.4. The lowest BCUT2D eigenvalue weighted by atomic mass is 10.1. The van der Waals surface area contributed by atoms with Crippen LogP contribution in [0.3, 0.4) is 0 Å².